The van der Waals surface area contributed by atoms with Crippen LogP contribution >= 0.6 is 39.1 Å². The highest BCUT2D eigenvalue weighted by molar-refractivity contribution is 9.10. The van der Waals surface area contributed by atoms with Crippen molar-refractivity contribution in [1.82, 2.24) is 4.90 Å². The summed E-state index contributed by atoms with van der Waals surface area (Å²) < 4.78 is 6.02. The molecule has 1 unspecified atom stereocenters. The first-order chi connectivity index (χ1) is 12.9. The second kappa shape index (κ2) is 8.50. The molecule has 2 aromatic carbocycles. The summed E-state index contributed by atoms with van der Waals surface area (Å²) in [6, 6.07) is 11.8. The number of imide groups is 1. The van der Waals surface area contributed by atoms with Gasteiger partial charge in [0.1, 0.15) is 11.8 Å². The van der Waals surface area contributed by atoms with E-state index in [4.69, 9.17) is 27.9 Å². The van der Waals surface area contributed by atoms with E-state index < -0.39 is 0 Å². The lowest BCUT2D eigenvalue weighted by molar-refractivity contribution is -0.119. The van der Waals surface area contributed by atoms with Crippen LogP contribution in [0.3, 0.4) is 0 Å². The summed E-state index contributed by atoms with van der Waals surface area (Å²) in [6.07, 6.45) is 1.61. The zero-order chi connectivity index (χ0) is 19.6. The smallest absolute Gasteiger partial charge is 0.332 e. The Labute approximate surface area is 175 Å². The number of amides is 3. The minimum atomic E-state index is -0.310. The molecule has 2 aliphatic heterocycles. The van der Waals surface area contributed by atoms with Gasteiger partial charge in [0.05, 0.1) is 12.8 Å². The van der Waals surface area contributed by atoms with E-state index in [-0.39, 0.29) is 18.0 Å². The van der Waals surface area contributed by atoms with Gasteiger partial charge in [0.2, 0.25) is 0 Å². The minimum absolute atomic E-state index is 0.184. The molecule has 0 aromatic heterocycles. The molecular weight excluding hydrogens is 455 g/mol. The van der Waals surface area contributed by atoms with Gasteiger partial charge in [-0.2, -0.15) is 0 Å². The molecule has 5 nitrogen and oxygen atoms in total. The number of carbonyl (C=O) groups excluding carboxylic acids is 2. The molecule has 0 N–H and O–H groups in total. The van der Waals surface area contributed by atoms with Gasteiger partial charge in [0.15, 0.2) is 0 Å². The van der Waals surface area contributed by atoms with Gasteiger partial charge in [-0.05, 0) is 55.3 Å². The average molecular weight is 472 g/mol. The maximum absolute atomic E-state index is 12.2. The molecular formula is C19H17BrCl2N2O3. The Morgan fingerprint density at radius 3 is 2.26 bits per heavy atom. The largest absolute Gasteiger partial charge is 0.497 e. The van der Waals surface area contributed by atoms with Crippen molar-refractivity contribution in [3.05, 3.63) is 57.0 Å². The van der Waals surface area contributed by atoms with E-state index in [2.05, 4.69) is 15.9 Å². The molecule has 0 aliphatic carbocycles. The standard InChI is InChI=1S/C12H10Cl2N2O2.C7H7BrO/c13-7-4-8(14)6-9(5-7)16-11(17)10-2-1-3-15(10)12(16)18;1-9-7-4-2-6(8)3-5-7/h4-6,10H,1-3H2;2-5H,1H3. The summed E-state index contributed by atoms with van der Waals surface area (Å²) in [6.45, 7) is 0.639. The van der Waals surface area contributed by atoms with Crippen molar-refractivity contribution in [2.24, 2.45) is 0 Å². The Morgan fingerprint density at radius 2 is 1.70 bits per heavy atom. The van der Waals surface area contributed by atoms with Crippen LogP contribution in [0.5, 0.6) is 5.75 Å². The van der Waals surface area contributed by atoms with Crippen molar-refractivity contribution in [3.63, 3.8) is 0 Å². The van der Waals surface area contributed by atoms with Crippen molar-refractivity contribution in [1.29, 1.82) is 0 Å². The summed E-state index contributed by atoms with van der Waals surface area (Å²) in [7, 11) is 1.66. The number of hydrogen-bond donors (Lipinski definition) is 0. The molecule has 2 fully saturated rings. The summed E-state index contributed by atoms with van der Waals surface area (Å²) in [5.74, 6) is 0.703. The van der Waals surface area contributed by atoms with Crippen LogP contribution in [0.25, 0.3) is 0 Å². The van der Waals surface area contributed by atoms with Gasteiger partial charge in [-0.3, -0.25) is 4.79 Å². The molecule has 0 bridgehead atoms. The van der Waals surface area contributed by atoms with Crippen LogP contribution in [-0.2, 0) is 4.79 Å². The summed E-state index contributed by atoms with van der Waals surface area (Å²) >= 11 is 15.1. The Kier molecular flexibility index (Phi) is 6.29. The van der Waals surface area contributed by atoms with Gasteiger partial charge < -0.3 is 9.64 Å². The van der Waals surface area contributed by atoms with Gasteiger partial charge in [0.25, 0.3) is 5.91 Å². The summed E-state index contributed by atoms with van der Waals surface area (Å²) in [5, 5.41) is 0.815. The molecule has 0 spiro atoms. The quantitative estimate of drug-likeness (QED) is 0.552. The van der Waals surface area contributed by atoms with Crippen LogP contribution in [0, 0.1) is 0 Å². The van der Waals surface area contributed by atoms with Crippen LogP contribution in [0.2, 0.25) is 10.0 Å². The van der Waals surface area contributed by atoms with E-state index in [1.807, 2.05) is 24.3 Å². The molecule has 27 heavy (non-hydrogen) atoms. The molecule has 2 aliphatic rings. The van der Waals surface area contributed by atoms with Gasteiger partial charge in [-0.25, -0.2) is 9.69 Å². The average Bonchev–Trinajstić information content (AvgIpc) is 3.19. The predicted octanol–water partition coefficient (Wildman–Crippen LogP) is 5.38. The number of ether oxygens (including phenoxy) is 1. The molecule has 2 saturated heterocycles. The first kappa shape index (κ1) is 20.0. The molecule has 8 heteroatoms. The molecule has 1 atom stereocenters. The fourth-order valence-corrected chi connectivity index (χ4v) is 3.88. The Balaban J connectivity index is 0.000000197. The van der Waals surface area contributed by atoms with E-state index in [1.165, 1.54) is 4.90 Å². The number of hydrogen-bond acceptors (Lipinski definition) is 3. The number of methoxy groups -OCH3 is 1. The fourth-order valence-electron chi connectivity index (χ4n) is 3.10. The highest BCUT2D eigenvalue weighted by Gasteiger charge is 2.48. The van der Waals surface area contributed by atoms with Crippen molar-refractivity contribution < 1.29 is 14.3 Å². The summed E-state index contributed by atoms with van der Waals surface area (Å²) in [5.41, 5.74) is 0.442. The van der Waals surface area contributed by atoms with Crippen LogP contribution in [0.1, 0.15) is 12.8 Å². The number of nitrogens with zero attached hydrogens (tertiary/aromatic N) is 2. The van der Waals surface area contributed by atoms with Gasteiger partial charge >= 0.3 is 6.03 Å². The van der Waals surface area contributed by atoms with Gasteiger partial charge in [-0.1, -0.05) is 39.1 Å². The highest BCUT2D eigenvalue weighted by Crippen LogP contribution is 2.33. The van der Waals surface area contributed by atoms with Crippen LogP contribution < -0.4 is 9.64 Å². The van der Waals surface area contributed by atoms with Crippen LogP contribution in [0.4, 0.5) is 10.5 Å². The molecule has 2 heterocycles. The third-order valence-electron chi connectivity index (χ3n) is 4.35. The Hall–Kier alpha value is -1.76. The molecule has 2 aromatic rings. The number of halogens is 3. The number of fused-ring (bicyclic) bond motifs is 1. The second-order valence-electron chi connectivity index (χ2n) is 6.09. The topological polar surface area (TPSA) is 49.9 Å². The fraction of sp³-hybridized carbons (Fsp3) is 0.263. The zero-order valence-electron chi connectivity index (χ0n) is 14.5. The normalized spacial score (nSPS) is 18.3. The van der Waals surface area contributed by atoms with E-state index in [0.29, 0.717) is 22.3 Å². The van der Waals surface area contributed by atoms with Crippen molar-refractivity contribution >= 4 is 56.8 Å². The van der Waals surface area contributed by atoms with E-state index in [1.54, 1.807) is 30.2 Å². The molecule has 0 saturated carbocycles. The number of carbonyl (C=O) groups is 2. The minimum Gasteiger partial charge on any atom is -0.497 e. The number of anilines is 1. The summed E-state index contributed by atoms with van der Waals surface area (Å²) in [4.78, 5) is 27.1. The van der Waals surface area contributed by atoms with E-state index in [9.17, 15) is 9.59 Å². The SMILES string of the molecule is COc1ccc(Br)cc1.O=C1C2CCCN2C(=O)N1c1cc(Cl)cc(Cl)c1. The molecule has 4 rings (SSSR count). The number of urea groups is 1. The van der Waals surface area contributed by atoms with Crippen molar-refractivity contribution in [3.8, 4) is 5.75 Å². The van der Waals surface area contributed by atoms with Crippen molar-refractivity contribution in [2.45, 2.75) is 18.9 Å². The second-order valence-corrected chi connectivity index (χ2v) is 7.88. The third-order valence-corrected chi connectivity index (χ3v) is 5.32. The first-order valence-corrected chi connectivity index (χ1v) is 9.86. The number of rotatable bonds is 2. The zero-order valence-corrected chi connectivity index (χ0v) is 17.6. The van der Waals surface area contributed by atoms with Gasteiger partial charge in [-0.15, -0.1) is 0 Å². The Morgan fingerprint density at radius 1 is 1.07 bits per heavy atom. The van der Waals surface area contributed by atoms with Gasteiger partial charge in [0, 0.05) is 21.1 Å². The third kappa shape index (κ3) is 4.39. The maximum Gasteiger partial charge on any atom is 0.332 e. The maximum atomic E-state index is 12.2. The van der Waals surface area contributed by atoms with Crippen LogP contribution in [0.15, 0.2) is 46.9 Å². The molecule has 3 amide bonds. The van der Waals surface area contributed by atoms with E-state index in [0.717, 1.165) is 23.1 Å². The highest BCUT2D eigenvalue weighted by atomic mass is 79.9. The lowest BCUT2D eigenvalue weighted by Crippen LogP contribution is -2.33. The molecule has 0 radical (unpaired) electrons. The first-order valence-electron chi connectivity index (χ1n) is 8.31. The molecule has 142 valence electrons. The lowest BCUT2D eigenvalue weighted by Gasteiger charge is -2.16. The van der Waals surface area contributed by atoms with Crippen molar-refractivity contribution in [2.75, 3.05) is 18.6 Å². The Bertz CT molecular complexity index is 818. The monoisotopic (exact) mass is 470 g/mol. The van der Waals surface area contributed by atoms with Crippen LogP contribution in [-0.4, -0.2) is 36.5 Å². The predicted molar refractivity (Wildman–Crippen MR) is 110 cm³/mol. The number of benzene rings is 2. The van der Waals surface area contributed by atoms with E-state index >= 15 is 0 Å². The lowest BCUT2D eigenvalue weighted by atomic mass is 10.2.